The number of furan rings is 1. The lowest BCUT2D eigenvalue weighted by Gasteiger charge is -2.29. The summed E-state index contributed by atoms with van der Waals surface area (Å²) < 4.78 is 5.77. The summed E-state index contributed by atoms with van der Waals surface area (Å²) in [7, 11) is 0. The number of aliphatic carboxylic acids is 1. The Morgan fingerprint density at radius 1 is 1.50 bits per heavy atom. The third kappa shape index (κ3) is 4.56. The van der Waals surface area contributed by atoms with Crippen LogP contribution in [0.1, 0.15) is 31.2 Å². The fourth-order valence-electron chi connectivity index (χ4n) is 2.79. The topological polar surface area (TPSA) is 130 Å². The van der Waals surface area contributed by atoms with Crippen LogP contribution in [0.2, 0.25) is 0 Å². The molecule has 1 unspecified atom stereocenters. The number of carbonyl (C=O) groups is 1. The molecule has 2 aromatic heterocycles. The van der Waals surface area contributed by atoms with Crippen LogP contribution in [-0.2, 0) is 17.6 Å². The summed E-state index contributed by atoms with van der Waals surface area (Å²) in [6, 6.07) is 2.56. The molecular formula is C18H26N2O5S. The molecule has 0 spiro atoms. The minimum absolute atomic E-state index is 0.210. The quantitative estimate of drug-likeness (QED) is 0.487. The molecular weight excluding hydrogens is 356 g/mol. The van der Waals surface area contributed by atoms with E-state index >= 15 is 0 Å². The molecule has 0 saturated carbocycles. The lowest BCUT2D eigenvalue weighted by molar-refractivity contribution is -0.160. The number of aromatic nitrogens is 1. The van der Waals surface area contributed by atoms with Gasteiger partial charge in [-0.3, -0.25) is 4.98 Å². The predicted octanol–water partition coefficient (Wildman–Crippen LogP) is 1.58. The van der Waals surface area contributed by atoms with Gasteiger partial charge >= 0.3 is 5.97 Å². The summed E-state index contributed by atoms with van der Waals surface area (Å²) in [4.78, 5) is 15.9. The number of aryl methyl sites for hydroxylation is 1. The average molecular weight is 382 g/mol. The number of aliphatic hydroxyl groups excluding tert-OH is 1. The highest BCUT2D eigenvalue weighted by Gasteiger charge is 2.43. The second-order valence-electron chi connectivity index (χ2n) is 6.45. The molecule has 0 aliphatic carbocycles. The molecule has 0 fully saturated rings. The predicted molar refractivity (Wildman–Crippen MR) is 101 cm³/mol. The van der Waals surface area contributed by atoms with E-state index in [1.165, 1.54) is 18.0 Å². The van der Waals surface area contributed by atoms with Crippen LogP contribution in [-0.4, -0.2) is 56.0 Å². The smallest absolute Gasteiger partial charge is 0.337 e. The fraction of sp³-hybridized carbons (Fsp3) is 0.556. The third-order valence-corrected chi connectivity index (χ3v) is 5.23. The van der Waals surface area contributed by atoms with Crippen molar-refractivity contribution in [3.8, 4) is 0 Å². The maximum atomic E-state index is 11.7. The first kappa shape index (κ1) is 20.7. The van der Waals surface area contributed by atoms with Crippen molar-refractivity contribution in [1.29, 1.82) is 0 Å². The van der Waals surface area contributed by atoms with Gasteiger partial charge < -0.3 is 25.5 Å². The Morgan fingerprint density at radius 3 is 2.85 bits per heavy atom. The number of hydrogen-bond donors (Lipinski definition) is 4. The summed E-state index contributed by atoms with van der Waals surface area (Å²) >= 11 is 1.37. The number of thioether (sulfide) groups is 1. The van der Waals surface area contributed by atoms with Crippen molar-refractivity contribution in [2.24, 2.45) is 5.73 Å². The zero-order valence-electron chi connectivity index (χ0n) is 15.0. The highest BCUT2D eigenvalue weighted by atomic mass is 32.2. The first-order valence-electron chi connectivity index (χ1n) is 8.56. The Balaban J connectivity index is 2.30. The number of carboxylic acids is 1. The minimum Gasteiger partial charge on any atom is -0.479 e. The summed E-state index contributed by atoms with van der Waals surface area (Å²) in [6.45, 7) is 1.91. The summed E-state index contributed by atoms with van der Waals surface area (Å²) in [6.07, 6.45) is 4.55. The number of nitrogens with zero attached hydrogens (tertiary/aromatic N) is 1. The van der Waals surface area contributed by atoms with E-state index in [0.717, 1.165) is 0 Å². The van der Waals surface area contributed by atoms with Gasteiger partial charge in [0.1, 0.15) is 11.3 Å². The molecule has 0 aromatic carbocycles. The molecule has 8 heteroatoms. The molecule has 0 saturated heterocycles. The monoisotopic (exact) mass is 382 g/mol. The van der Waals surface area contributed by atoms with Crippen molar-refractivity contribution in [2.75, 3.05) is 12.0 Å². The zero-order valence-corrected chi connectivity index (χ0v) is 15.8. The Kier molecular flexibility index (Phi) is 7.05. The second kappa shape index (κ2) is 8.85. The molecule has 3 atom stereocenters. The molecule has 26 heavy (non-hydrogen) atoms. The van der Waals surface area contributed by atoms with Crippen LogP contribution >= 0.6 is 11.8 Å². The lowest BCUT2D eigenvalue weighted by Crippen LogP contribution is -2.57. The molecule has 144 valence electrons. The highest BCUT2D eigenvalue weighted by Crippen LogP contribution is 2.27. The van der Waals surface area contributed by atoms with E-state index < -0.39 is 17.6 Å². The SMILES string of the molecule is CCC(O)CCc1cc2c(C[C@](O)(C(=O)O)[C@@H](N)CSC)nccc2o1. The molecule has 0 bridgehead atoms. The van der Waals surface area contributed by atoms with Gasteiger partial charge in [-0.25, -0.2) is 4.79 Å². The number of pyridine rings is 1. The number of fused-ring (bicyclic) bond motifs is 1. The van der Waals surface area contributed by atoms with E-state index in [9.17, 15) is 20.1 Å². The van der Waals surface area contributed by atoms with Gasteiger partial charge in [-0.2, -0.15) is 11.8 Å². The number of carboxylic acid groups (broad SMARTS) is 1. The van der Waals surface area contributed by atoms with Crippen LogP contribution in [0.15, 0.2) is 22.7 Å². The first-order chi connectivity index (χ1) is 12.3. The van der Waals surface area contributed by atoms with Gasteiger partial charge in [-0.15, -0.1) is 0 Å². The van der Waals surface area contributed by atoms with Gasteiger partial charge in [0.25, 0.3) is 0 Å². The van der Waals surface area contributed by atoms with Crippen LogP contribution in [0.4, 0.5) is 0 Å². The van der Waals surface area contributed by atoms with Crippen LogP contribution in [0.25, 0.3) is 11.0 Å². The molecule has 0 aliphatic heterocycles. The number of nitrogens with two attached hydrogens (primary N) is 1. The molecule has 7 nitrogen and oxygen atoms in total. The molecule has 0 aliphatic rings. The molecule has 2 aromatic rings. The lowest BCUT2D eigenvalue weighted by atomic mass is 9.89. The zero-order chi connectivity index (χ0) is 19.3. The number of hydrogen-bond acceptors (Lipinski definition) is 7. The van der Waals surface area contributed by atoms with E-state index in [0.29, 0.717) is 47.4 Å². The Bertz CT molecular complexity index is 750. The third-order valence-electron chi connectivity index (χ3n) is 4.54. The van der Waals surface area contributed by atoms with Crippen LogP contribution in [0.3, 0.4) is 0 Å². The van der Waals surface area contributed by atoms with Crippen molar-refractivity contribution in [3.05, 3.63) is 29.8 Å². The van der Waals surface area contributed by atoms with E-state index in [1.54, 1.807) is 18.4 Å². The van der Waals surface area contributed by atoms with E-state index in [-0.39, 0.29) is 12.5 Å². The number of rotatable bonds is 10. The van der Waals surface area contributed by atoms with Gasteiger partial charge in [0.05, 0.1) is 17.8 Å². The maximum Gasteiger partial charge on any atom is 0.337 e. The van der Waals surface area contributed by atoms with Crippen molar-refractivity contribution >= 4 is 28.7 Å². The molecule has 0 amide bonds. The van der Waals surface area contributed by atoms with Crippen molar-refractivity contribution in [3.63, 3.8) is 0 Å². The van der Waals surface area contributed by atoms with Crippen molar-refractivity contribution < 1.29 is 24.5 Å². The standard InChI is InChI=1S/C18H26N2O5S/c1-3-11(21)4-5-12-8-13-14(20-7-6-15(13)25-12)9-18(24,17(22)23)16(19)10-26-2/h6-8,11,16,21,24H,3-5,9-10,19H2,1-2H3,(H,22,23)/t11?,16-,18+/m0/s1. The molecule has 2 rings (SSSR count). The number of aliphatic hydroxyl groups is 2. The van der Waals surface area contributed by atoms with Gasteiger partial charge in [-0.05, 0) is 31.2 Å². The second-order valence-corrected chi connectivity index (χ2v) is 7.36. The molecule has 2 heterocycles. The van der Waals surface area contributed by atoms with Crippen LogP contribution in [0, 0.1) is 0 Å². The maximum absolute atomic E-state index is 11.7. The van der Waals surface area contributed by atoms with Gasteiger partial charge in [0.15, 0.2) is 5.60 Å². The normalized spacial score (nSPS) is 16.3. The Hall–Kier alpha value is -1.61. The highest BCUT2D eigenvalue weighted by molar-refractivity contribution is 7.98. The molecule has 5 N–H and O–H groups in total. The van der Waals surface area contributed by atoms with Crippen molar-refractivity contribution in [2.45, 2.75) is 50.4 Å². The van der Waals surface area contributed by atoms with Crippen LogP contribution in [0.5, 0.6) is 0 Å². The van der Waals surface area contributed by atoms with Gasteiger partial charge in [0.2, 0.25) is 0 Å². The van der Waals surface area contributed by atoms with Crippen molar-refractivity contribution in [1.82, 2.24) is 4.98 Å². The summed E-state index contributed by atoms with van der Waals surface area (Å²) in [5.41, 5.74) is 4.81. The Morgan fingerprint density at radius 2 is 2.23 bits per heavy atom. The summed E-state index contributed by atoms with van der Waals surface area (Å²) in [5.74, 6) is -0.369. The van der Waals surface area contributed by atoms with E-state index in [4.69, 9.17) is 10.2 Å². The largest absolute Gasteiger partial charge is 0.479 e. The van der Waals surface area contributed by atoms with Gasteiger partial charge in [0, 0.05) is 30.2 Å². The van der Waals surface area contributed by atoms with E-state index in [1.807, 2.05) is 6.92 Å². The first-order valence-corrected chi connectivity index (χ1v) is 9.95. The van der Waals surface area contributed by atoms with Crippen LogP contribution < -0.4 is 5.73 Å². The fourth-order valence-corrected chi connectivity index (χ4v) is 3.42. The van der Waals surface area contributed by atoms with Gasteiger partial charge in [-0.1, -0.05) is 6.92 Å². The van der Waals surface area contributed by atoms with E-state index in [2.05, 4.69) is 4.98 Å². The average Bonchev–Trinajstić information content (AvgIpc) is 3.03. The summed E-state index contributed by atoms with van der Waals surface area (Å²) in [5, 5.41) is 30.6. The molecule has 0 radical (unpaired) electrons. The Labute approximate surface area is 156 Å². The minimum atomic E-state index is -2.11.